The fourth-order valence-corrected chi connectivity index (χ4v) is 3.29. The molecule has 2 aromatic heterocycles. The Hall–Kier alpha value is -2.33. The molecular weight excluding hydrogens is 359 g/mol. The molecule has 1 fully saturated rings. The molecule has 0 aromatic carbocycles. The van der Waals surface area contributed by atoms with Crippen molar-refractivity contribution in [2.45, 2.75) is 45.0 Å². The van der Waals surface area contributed by atoms with Gasteiger partial charge in [0.25, 0.3) is 0 Å². The highest BCUT2D eigenvalue weighted by Crippen LogP contribution is 2.32. The molecular formula is C18H20ClFN4O2. The lowest BCUT2D eigenvalue weighted by Gasteiger charge is -2.36. The number of rotatable bonds is 1. The Morgan fingerprint density at radius 1 is 1.46 bits per heavy atom. The van der Waals surface area contributed by atoms with E-state index in [0.717, 1.165) is 0 Å². The summed E-state index contributed by atoms with van der Waals surface area (Å²) in [5, 5.41) is 10.2. The monoisotopic (exact) mass is 378 g/mol. The molecule has 0 radical (unpaired) electrons. The molecule has 0 bridgehead atoms. The number of ether oxygens (including phenoxy) is 1. The number of pyridine rings is 1. The first-order chi connectivity index (χ1) is 12.2. The first-order valence-corrected chi connectivity index (χ1v) is 8.76. The lowest BCUT2D eigenvalue weighted by atomic mass is 10.0. The Balaban J connectivity index is 1.85. The van der Waals surface area contributed by atoms with Gasteiger partial charge in [0, 0.05) is 18.1 Å². The van der Waals surface area contributed by atoms with Crippen LogP contribution in [0.25, 0.3) is 11.0 Å². The van der Waals surface area contributed by atoms with E-state index < -0.39 is 23.9 Å². The van der Waals surface area contributed by atoms with Crippen molar-refractivity contribution in [3.8, 4) is 6.07 Å². The highest BCUT2D eigenvalue weighted by Gasteiger charge is 2.35. The number of carbonyl (C=O) groups excluding carboxylic acids is 1. The molecule has 2 aromatic rings. The molecule has 2 atom stereocenters. The molecule has 0 aliphatic carbocycles. The van der Waals surface area contributed by atoms with E-state index in [1.165, 1.54) is 4.90 Å². The number of fused-ring (bicyclic) bond motifs is 1. The molecule has 0 saturated carbocycles. The van der Waals surface area contributed by atoms with Gasteiger partial charge in [0.1, 0.15) is 28.6 Å². The molecule has 1 amide bonds. The van der Waals surface area contributed by atoms with Gasteiger partial charge in [-0.3, -0.25) is 0 Å². The minimum Gasteiger partial charge on any atom is -0.444 e. The second-order valence-corrected chi connectivity index (χ2v) is 7.75. The third-order valence-corrected chi connectivity index (χ3v) is 4.49. The van der Waals surface area contributed by atoms with Crippen LogP contribution in [0.4, 0.5) is 9.18 Å². The van der Waals surface area contributed by atoms with Crippen LogP contribution in [0.3, 0.4) is 0 Å². The number of nitrogens with zero attached hydrogens (tertiary/aromatic N) is 4. The molecule has 8 heteroatoms. The van der Waals surface area contributed by atoms with Crippen LogP contribution in [0.1, 0.15) is 38.8 Å². The Kier molecular flexibility index (Phi) is 4.80. The zero-order valence-corrected chi connectivity index (χ0v) is 15.6. The van der Waals surface area contributed by atoms with Gasteiger partial charge in [-0.25, -0.2) is 14.2 Å². The second kappa shape index (κ2) is 6.76. The SMILES string of the molecule is CC(C)(C)OC(=O)N1CCC(n2cc(C#N)c3ccc(Cl)nc32)C(F)C1. The van der Waals surface area contributed by atoms with Gasteiger partial charge in [-0.05, 0) is 39.3 Å². The van der Waals surface area contributed by atoms with Crippen LogP contribution in [0.2, 0.25) is 5.15 Å². The zero-order valence-electron chi connectivity index (χ0n) is 14.9. The minimum atomic E-state index is -1.31. The summed E-state index contributed by atoms with van der Waals surface area (Å²) in [5.74, 6) is 0. The van der Waals surface area contributed by atoms with Crippen LogP contribution in [-0.2, 0) is 4.74 Å². The van der Waals surface area contributed by atoms with E-state index in [4.69, 9.17) is 16.3 Å². The fourth-order valence-electron chi connectivity index (χ4n) is 3.14. The molecule has 6 nitrogen and oxygen atoms in total. The third kappa shape index (κ3) is 3.61. The Morgan fingerprint density at radius 2 is 2.19 bits per heavy atom. The molecule has 0 N–H and O–H groups in total. The predicted octanol–water partition coefficient (Wildman–Crippen LogP) is 4.08. The van der Waals surface area contributed by atoms with E-state index in [2.05, 4.69) is 11.1 Å². The van der Waals surface area contributed by atoms with E-state index in [1.54, 1.807) is 43.7 Å². The van der Waals surface area contributed by atoms with Crippen LogP contribution < -0.4 is 0 Å². The number of piperidine rings is 1. The summed E-state index contributed by atoms with van der Waals surface area (Å²) >= 11 is 5.97. The standard InChI is InChI=1S/C18H20ClFN4O2/c1-18(2,3)26-17(25)23-7-6-14(13(20)10-23)24-9-11(8-21)12-4-5-15(19)22-16(12)24/h4-5,9,13-14H,6-7,10H2,1-3H3. The van der Waals surface area contributed by atoms with Crippen LogP contribution in [0.5, 0.6) is 0 Å². The molecule has 138 valence electrons. The lowest BCUT2D eigenvalue weighted by Crippen LogP contribution is -2.47. The number of amides is 1. The van der Waals surface area contributed by atoms with E-state index in [9.17, 15) is 14.4 Å². The quantitative estimate of drug-likeness (QED) is 0.701. The van der Waals surface area contributed by atoms with Gasteiger partial charge in [-0.2, -0.15) is 5.26 Å². The van der Waals surface area contributed by atoms with Crippen LogP contribution >= 0.6 is 11.6 Å². The predicted molar refractivity (Wildman–Crippen MR) is 95.8 cm³/mol. The highest BCUT2D eigenvalue weighted by molar-refractivity contribution is 6.29. The molecule has 26 heavy (non-hydrogen) atoms. The molecule has 3 heterocycles. The normalized spacial score (nSPS) is 20.8. The molecule has 1 aliphatic heterocycles. The first kappa shape index (κ1) is 18.5. The largest absolute Gasteiger partial charge is 0.444 e. The van der Waals surface area contributed by atoms with Crippen molar-refractivity contribution in [1.29, 1.82) is 5.26 Å². The smallest absolute Gasteiger partial charge is 0.410 e. The van der Waals surface area contributed by atoms with Crippen molar-refractivity contribution in [3.63, 3.8) is 0 Å². The first-order valence-electron chi connectivity index (χ1n) is 8.39. The average Bonchev–Trinajstić information content (AvgIpc) is 2.90. The number of nitriles is 1. The van der Waals surface area contributed by atoms with Gasteiger partial charge >= 0.3 is 6.09 Å². The summed E-state index contributed by atoms with van der Waals surface area (Å²) in [4.78, 5) is 17.8. The Morgan fingerprint density at radius 3 is 2.81 bits per heavy atom. The Labute approximate surface area is 156 Å². The molecule has 2 unspecified atom stereocenters. The molecule has 3 rings (SSSR count). The molecule has 0 spiro atoms. The van der Waals surface area contributed by atoms with Crippen LogP contribution in [0, 0.1) is 11.3 Å². The van der Waals surface area contributed by atoms with E-state index in [-0.39, 0.29) is 11.7 Å². The fraction of sp³-hybridized carbons (Fsp3) is 0.500. The van der Waals surface area contributed by atoms with Crippen molar-refractivity contribution in [2.75, 3.05) is 13.1 Å². The summed E-state index contributed by atoms with van der Waals surface area (Å²) in [6, 6.07) is 4.90. The summed E-state index contributed by atoms with van der Waals surface area (Å²) in [7, 11) is 0. The number of halogens is 2. The van der Waals surface area contributed by atoms with Gasteiger partial charge in [0.2, 0.25) is 0 Å². The van der Waals surface area contributed by atoms with Crippen molar-refractivity contribution in [2.24, 2.45) is 0 Å². The van der Waals surface area contributed by atoms with E-state index in [0.29, 0.717) is 29.6 Å². The number of likely N-dealkylation sites (tertiary alicyclic amines) is 1. The van der Waals surface area contributed by atoms with Crippen molar-refractivity contribution >= 4 is 28.7 Å². The van der Waals surface area contributed by atoms with Gasteiger partial charge in [0.15, 0.2) is 0 Å². The second-order valence-electron chi connectivity index (χ2n) is 7.37. The number of hydrogen-bond acceptors (Lipinski definition) is 4. The number of aromatic nitrogens is 2. The topological polar surface area (TPSA) is 71.2 Å². The van der Waals surface area contributed by atoms with Crippen molar-refractivity contribution < 1.29 is 13.9 Å². The van der Waals surface area contributed by atoms with Crippen molar-refractivity contribution in [1.82, 2.24) is 14.5 Å². The third-order valence-electron chi connectivity index (χ3n) is 4.28. The van der Waals surface area contributed by atoms with E-state index >= 15 is 0 Å². The van der Waals surface area contributed by atoms with Gasteiger partial charge in [0.05, 0.1) is 18.2 Å². The van der Waals surface area contributed by atoms with Gasteiger partial charge in [-0.1, -0.05) is 11.6 Å². The summed E-state index contributed by atoms with van der Waals surface area (Å²) in [6.45, 7) is 5.62. The average molecular weight is 379 g/mol. The number of alkyl halides is 1. The van der Waals surface area contributed by atoms with E-state index in [1.807, 2.05) is 0 Å². The number of hydrogen-bond donors (Lipinski definition) is 0. The Bertz CT molecular complexity index is 884. The van der Waals surface area contributed by atoms with Crippen LogP contribution in [-0.4, -0.2) is 45.4 Å². The highest BCUT2D eigenvalue weighted by atomic mass is 35.5. The zero-order chi connectivity index (χ0) is 19.1. The maximum atomic E-state index is 14.9. The summed E-state index contributed by atoms with van der Waals surface area (Å²) in [5.41, 5.74) is 0.275. The minimum absolute atomic E-state index is 0.0678. The number of carbonyl (C=O) groups is 1. The van der Waals surface area contributed by atoms with Crippen molar-refractivity contribution in [3.05, 3.63) is 29.0 Å². The van der Waals surface area contributed by atoms with Gasteiger partial charge < -0.3 is 14.2 Å². The summed E-state index contributed by atoms with van der Waals surface area (Å²) in [6.07, 6.45) is 0.173. The van der Waals surface area contributed by atoms with Crippen LogP contribution in [0.15, 0.2) is 18.3 Å². The van der Waals surface area contributed by atoms with Gasteiger partial charge in [-0.15, -0.1) is 0 Å². The molecule has 1 saturated heterocycles. The maximum absolute atomic E-state index is 14.9. The lowest BCUT2D eigenvalue weighted by molar-refractivity contribution is 0.00705. The molecule has 1 aliphatic rings. The summed E-state index contributed by atoms with van der Waals surface area (Å²) < 4.78 is 21.9. The maximum Gasteiger partial charge on any atom is 0.410 e.